The van der Waals surface area contributed by atoms with Gasteiger partial charge in [-0.15, -0.1) is 0 Å². The second kappa shape index (κ2) is 4.66. The summed E-state index contributed by atoms with van der Waals surface area (Å²) >= 11 is 6.12. The van der Waals surface area contributed by atoms with Gasteiger partial charge in [0, 0.05) is 18.1 Å². The van der Waals surface area contributed by atoms with Crippen molar-refractivity contribution in [2.45, 2.75) is 26.7 Å². The summed E-state index contributed by atoms with van der Waals surface area (Å²) in [7, 11) is 0. The van der Waals surface area contributed by atoms with E-state index in [4.69, 9.17) is 11.6 Å². The van der Waals surface area contributed by atoms with Crippen molar-refractivity contribution in [3.63, 3.8) is 0 Å². The summed E-state index contributed by atoms with van der Waals surface area (Å²) in [6, 6.07) is 4.00. The molecule has 16 heavy (non-hydrogen) atoms. The van der Waals surface area contributed by atoms with Crippen LogP contribution in [0, 0.1) is 0 Å². The molecule has 2 aromatic heterocycles. The quantitative estimate of drug-likeness (QED) is 0.819. The Kier molecular flexibility index (Phi) is 3.25. The van der Waals surface area contributed by atoms with E-state index >= 15 is 0 Å². The fourth-order valence-corrected chi connectivity index (χ4v) is 1.85. The van der Waals surface area contributed by atoms with Crippen LogP contribution < -0.4 is 0 Å². The maximum Gasteiger partial charge on any atom is 0.0866 e. The van der Waals surface area contributed by atoms with Gasteiger partial charge in [0.05, 0.1) is 16.4 Å². The molecule has 0 saturated carbocycles. The van der Waals surface area contributed by atoms with Crippen LogP contribution >= 0.6 is 11.6 Å². The first kappa shape index (κ1) is 11.1. The normalized spacial score (nSPS) is 10.7. The van der Waals surface area contributed by atoms with Gasteiger partial charge in [0.1, 0.15) is 0 Å². The minimum atomic E-state index is 0.628. The molecule has 84 valence electrons. The summed E-state index contributed by atoms with van der Waals surface area (Å²) in [5.74, 6) is 0. The van der Waals surface area contributed by atoms with Crippen LogP contribution in [0.2, 0.25) is 5.02 Å². The highest BCUT2D eigenvalue weighted by Gasteiger charge is 2.09. The van der Waals surface area contributed by atoms with Crippen LogP contribution in [-0.4, -0.2) is 14.8 Å². The van der Waals surface area contributed by atoms with Gasteiger partial charge in [-0.2, -0.15) is 5.10 Å². The fraction of sp³-hybridized carbons (Fsp3) is 0.333. The third-order valence-corrected chi connectivity index (χ3v) is 2.83. The van der Waals surface area contributed by atoms with Gasteiger partial charge in [-0.3, -0.25) is 4.98 Å². The average molecular weight is 236 g/mol. The lowest BCUT2D eigenvalue weighted by molar-refractivity contribution is 0.793. The van der Waals surface area contributed by atoms with Crippen LogP contribution in [0.4, 0.5) is 0 Å². The number of halogens is 1. The van der Waals surface area contributed by atoms with Crippen LogP contribution in [0.25, 0.3) is 5.69 Å². The molecule has 0 bridgehead atoms. The number of hydrogen-bond donors (Lipinski definition) is 0. The molecule has 2 rings (SSSR count). The van der Waals surface area contributed by atoms with Crippen molar-refractivity contribution in [2.24, 2.45) is 0 Å². The Bertz CT molecular complexity index is 491. The van der Waals surface area contributed by atoms with Crippen molar-refractivity contribution in [3.05, 3.63) is 40.9 Å². The van der Waals surface area contributed by atoms with Gasteiger partial charge < -0.3 is 0 Å². The van der Waals surface area contributed by atoms with Crippen molar-refractivity contribution < 1.29 is 0 Å². The lowest BCUT2D eigenvalue weighted by Crippen LogP contribution is -2.02. The molecule has 0 aliphatic rings. The largest absolute Gasteiger partial charge is 0.263 e. The van der Waals surface area contributed by atoms with Gasteiger partial charge in [-0.25, -0.2) is 4.68 Å². The Hall–Kier alpha value is -1.35. The third kappa shape index (κ3) is 1.95. The minimum absolute atomic E-state index is 0.628. The summed E-state index contributed by atoms with van der Waals surface area (Å²) in [5, 5.41) is 5.16. The average Bonchev–Trinajstić information content (AvgIpc) is 2.72. The van der Waals surface area contributed by atoms with E-state index in [0.29, 0.717) is 5.02 Å². The summed E-state index contributed by atoms with van der Waals surface area (Å²) in [4.78, 5) is 3.98. The van der Waals surface area contributed by atoms with E-state index in [0.717, 1.165) is 24.2 Å². The smallest absolute Gasteiger partial charge is 0.0866 e. The predicted octanol–water partition coefficient (Wildman–Crippen LogP) is 3.05. The number of pyridine rings is 1. The summed E-state index contributed by atoms with van der Waals surface area (Å²) in [6.45, 7) is 4.21. The number of aromatic nitrogens is 3. The third-order valence-electron chi connectivity index (χ3n) is 2.54. The van der Waals surface area contributed by atoms with E-state index in [1.54, 1.807) is 12.4 Å². The maximum absolute atomic E-state index is 6.12. The molecule has 0 fully saturated rings. The van der Waals surface area contributed by atoms with Gasteiger partial charge in [0.25, 0.3) is 0 Å². The Morgan fingerprint density at radius 3 is 2.75 bits per heavy atom. The van der Waals surface area contributed by atoms with E-state index in [2.05, 4.69) is 30.0 Å². The molecule has 0 aliphatic heterocycles. The number of hydrogen-bond acceptors (Lipinski definition) is 2. The van der Waals surface area contributed by atoms with Crippen LogP contribution in [0.1, 0.15) is 25.2 Å². The molecule has 0 aliphatic carbocycles. The van der Waals surface area contributed by atoms with Crippen molar-refractivity contribution >= 4 is 11.6 Å². The maximum atomic E-state index is 6.12. The van der Waals surface area contributed by atoms with Gasteiger partial charge in [0.2, 0.25) is 0 Å². The molecule has 2 heterocycles. The zero-order valence-electron chi connectivity index (χ0n) is 9.44. The number of nitrogens with zero attached hydrogens (tertiary/aromatic N) is 3. The first-order chi connectivity index (χ1) is 7.76. The zero-order chi connectivity index (χ0) is 11.5. The van der Waals surface area contributed by atoms with Gasteiger partial charge in [-0.1, -0.05) is 25.4 Å². The Balaban J connectivity index is 2.54. The van der Waals surface area contributed by atoms with Crippen molar-refractivity contribution in [2.75, 3.05) is 0 Å². The number of rotatable bonds is 3. The lowest BCUT2D eigenvalue weighted by Gasteiger charge is -2.06. The molecule has 3 nitrogen and oxygen atoms in total. The SMILES string of the molecule is CCc1cc(CC)n(-c2ccncc2Cl)n1. The van der Waals surface area contributed by atoms with Crippen LogP contribution in [0.15, 0.2) is 24.5 Å². The first-order valence-electron chi connectivity index (χ1n) is 5.44. The van der Waals surface area contributed by atoms with Crippen molar-refractivity contribution in [1.82, 2.24) is 14.8 Å². The van der Waals surface area contributed by atoms with Crippen LogP contribution in [-0.2, 0) is 12.8 Å². The van der Waals surface area contributed by atoms with Gasteiger partial charge in [-0.05, 0) is 25.0 Å². The minimum Gasteiger partial charge on any atom is -0.263 e. The fourth-order valence-electron chi connectivity index (χ4n) is 1.65. The molecule has 0 spiro atoms. The van der Waals surface area contributed by atoms with Crippen molar-refractivity contribution in [3.8, 4) is 5.69 Å². The Morgan fingerprint density at radius 1 is 1.31 bits per heavy atom. The molecule has 0 unspecified atom stereocenters. The first-order valence-corrected chi connectivity index (χ1v) is 5.81. The summed E-state index contributed by atoms with van der Waals surface area (Å²) < 4.78 is 1.91. The van der Waals surface area contributed by atoms with Crippen molar-refractivity contribution in [1.29, 1.82) is 0 Å². The number of aryl methyl sites for hydroxylation is 2. The van der Waals surface area contributed by atoms with Gasteiger partial charge in [0.15, 0.2) is 0 Å². The second-order valence-electron chi connectivity index (χ2n) is 3.57. The lowest BCUT2D eigenvalue weighted by atomic mass is 10.2. The topological polar surface area (TPSA) is 30.7 Å². The van der Waals surface area contributed by atoms with E-state index in [1.165, 1.54) is 5.69 Å². The Labute approximate surface area is 100 Å². The highest BCUT2D eigenvalue weighted by Crippen LogP contribution is 2.20. The standard InChI is InChI=1S/C12H14ClN3/c1-3-9-7-10(4-2)16(15-9)12-5-6-14-8-11(12)13/h5-8H,3-4H2,1-2H3. The molecule has 4 heteroatoms. The summed E-state index contributed by atoms with van der Waals surface area (Å²) in [5.41, 5.74) is 3.16. The van der Waals surface area contributed by atoms with Gasteiger partial charge >= 0.3 is 0 Å². The molecule has 2 aromatic rings. The molecule has 0 atom stereocenters. The monoisotopic (exact) mass is 235 g/mol. The zero-order valence-corrected chi connectivity index (χ0v) is 10.2. The molecule has 0 aromatic carbocycles. The van der Waals surface area contributed by atoms with E-state index < -0.39 is 0 Å². The highest BCUT2D eigenvalue weighted by molar-refractivity contribution is 6.32. The predicted molar refractivity (Wildman–Crippen MR) is 65.1 cm³/mol. The summed E-state index contributed by atoms with van der Waals surface area (Å²) in [6.07, 6.45) is 5.24. The Morgan fingerprint density at radius 2 is 2.12 bits per heavy atom. The molecule has 0 saturated heterocycles. The molecular formula is C12H14ClN3. The van der Waals surface area contributed by atoms with E-state index in [9.17, 15) is 0 Å². The van der Waals surface area contributed by atoms with E-state index in [1.807, 2.05) is 10.7 Å². The van der Waals surface area contributed by atoms with E-state index in [-0.39, 0.29) is 0 Å². The molecular weight excluding hydrogens is 222 g/mol. The van der Waals surface area contributed by atoms with Crippen LogP contribution in [0.3, 0.4) is 0 Å². The van der Waals surface area contributed by atoms with Crippen LogP contribution in [0.5, 0.6) is 0 Å². The highest BCUT2D eigenvalue weighted by atomic mass is 35.5. The molecule has 0 amide bonds. The molecule has 0 N–H and O–H groups in total. The molecule has 0 radical (unpaired) electrons. The second-order valence-corrected chi connectivity index (χ2v) is 3.98.